The van der Waals surface area contributed by atoms with Crippen LogP contribution in [0.4, 0.5) is 5.69 Å². The van der Waals surface area contributed by atoms with Crippen molar-refractivity contribution >= 4 is 43.2 Å². The molecule has 3 aromatic rings. The van der Waals surface area contributed by atoms with E-state index in [4.69, 9.17) is 4.74 Å². The van der Waals surface area contributed by atoms with Crippen LogP contribution in [0, 0.1) is 0 Å². The molecule has 0 saturated heterocycles. The first-order chi connectivity index (χ1) is 12.9. The first-order valence-corrected chi connectivity index (χ1v) is 10.4. The van der Waals surface area contributed by atoms with E-state index in [9.17, 15) is 13.2 Å². The largest absolute Gasteiger partial charge is 0.383 e. The van der Waals surface area contributed by atoms with E-state index in [1.165, 1.54) is 30.4 Å². The fourth-order valence-corrected chi connectivity index (χ4v) is 4.89. The van der Waals surface area contributed by atoms with E-state index in [0.717, 1.165) is 10.2 Å². The minimum atomic E-state index is -3.83. The van der Waals surface area contributed by atoms with E-state index >= 15 is 0 Å². The summed E-state index contributed by atoms with van der Waals surface area (Å²) in [5, 5.41) is 2.73. The topological polar surface area (TPSA) is 89.8 Å². The number of anilines is 1. The van der Waals surface area contributed by atoms with Gasteiger partial charge in [0.15, 0.2) is 0 Å². The Labute approximate surface area is 161 Å². The molecule has 1 amide bonds. The molecule has 9 heteroatoms. The van der Waals surface area contributed by atoms with Crippen LogP contribution in [0.15, 0.2) is 57.8 Å². The predicted octanol–water partition coefficient (Wildman–Crippen LogP) is 2.60. The molecule has 0 spiro atoms. The van der Waals surface area contributed by atoms with E-state index in [-0.39, 0.29) is 10.8 Å². The third-order valence-electron chi connectivity index (χ3n) is 3.76. The van der Waals surface area contributed by atoms with Gasteiger partial charge in [-0.1, -0.05) is 29.5 Å². The van der Waals surface area contributed by atoms with Crippen LogP contribution in [-0.4, -0.2) is 32.6 Å². The number of thiazole rings is 1. The second-order valence-corrected chi connectivity index (χ2v) is 8.39. The van der Waals surface area contributed by atoms with Gasteiger partial charge in [0.2, 0.25) is 10.7 Å². The lowest BCUT2D eigenvalue weighted by atomic mass is 10.3. The SMILES string of the molecule is COCCn1/c(=N/S(=O)(=O)c2ccccc2)sc2cc(NC(C)=O)ccc21. The van der Waals surface area contributed by atoms with Gasteiger partial charge in [-0.15, -0.1) is 4.40 Å². The maximum atomic E-state index is 12.7. The molecule has 0 fully saturated rings. The summed E-state index contributed by atoms with van der Waals surface area (Å²) in [6.07, 6.45) is 0. The first-order valence-electron chi connectivity index (χ1n) is 8.17. The summed E-state index contributed by atoms with van der Waals surface area (Å²) in [6.45, 7) is 2.31. The van der Waals surface area contributed by atoms with E-state index in [1.807, 2.05) is 10.6 Å². The molecule has 142 valence electrons. The third kappa shape index (κ3) is 4.44. The van der Waals surface area contributed by atoms with E-state index < -0.39 is 10.0 Å². The fraction of sp³-hybridized carbons (Fsp3) is 0.222. The Morgan fingerprint density at radius 3 is 2.63 bits per heavy atom. The van der Waals surface area contributed by atoms with Gasteiger partial charge in [-0.2, -0.15) is 8.42 Å². The molecule has 3 rings (SSSR count). The van der Waals surface area contributed by atoms with Crippen molar-refractivity contribution < 1.29 is 17.9 Å². The van der Waals surface area contributed by atoms with Crippen molar-refractivity contribution in [3.8, 4) is 0 Å². The lowest BCUT2D eigenvalue weighted by Gasteiger charge is -2.06. The highest BCUT2D eigenvalue weighted by Crippen LogP contribution is 2.22. The zero-order chi connectivity index (χ0) is 19.4. The van der Waals surface area contributed by atoms with Gasteiger partial charge in [-0.25, -0.2) is 0 Å². The summed E-state index contributed by atoms with van der Waals surface area (Å²) in [5.74, 6) is -0.172. The first kappa shape index (κ1) is 19.3. The summed E-state index contributed by atoms with van der Waals surface area (Å²) < 4.78 is 37.1. The second-order valence-electron chi connectivity index (χ2n) is 5.77. The molecule has 1 heterocycles. The van der Waals surface area contributed by atoms with Crippen LogP contribution in [0.2, 0.25) is 0 Å². The Morgan fingerprint density at radius 1 is 1.22 bits per heavy atom. The van der Waals surface area contributed by atoms with Crippen LogP contribution >= 0.6 is 11.3 Å². The zero-order valence-electron chi connectivity index (χ0n) is 14.9. The monoisotopic (exact) mass is 405 g/mol. The number of methoxy groups -OCH3 is 1. The molecule has 1 N–H and O–H groups in total. The molecule has 0 aliphatic carbocycles. The van der Waals surface area contributed by atoms with Crippen LogP contribution in [0.25, 0.3) is 10.2 Å². The minimum Gasteiger partial charge on any atom is -0.383 e. The molecule has 2 aromatic carbocycles. The van der Waals surface area contributed by atoms with Crippen molar-refractivity contribution in [1.29, 1.82) is 0 Å². The number of hydrogen-bond donors (Lipinski definition) is 1. The fourth-order valence-electron chi connectivity index (χ4n) is 2.57. The summed E-state index contributed by atoms with van der Waals surface area (Å²) in [4.78, 5) is 11.8. The molecule has 0 unspecified atom stereocenters. The van der Waals surface area contributed by atoms with Gasteiger partial charge in [0.05, 0.1) is 21.7 Å². The highest BCUT2D eigenvalue weighted by atomic mass is 32.2. The van der Waals surface area contributed by atoms with Crippen LogP contribution < -0.4 is 10.1 Å². The average molecular weight is 406 g/mol. The number of carbonyl (C=O) groups is 1. The van der Waals surface area contributed by atoms with Crippen molar-refractivity contribution in [3.63, 3.8) is 0 Å². The maximum Gasteiger partial charge on any atom is 0.285 e. The quantitative estimate of drug-likeness (QED) is 0.683. The molecular weight excluding hydrogens is 386 g/mol. The molecule has 1 aromatic heterocycles. The Morgan fingerprint density at radius 2 is 1.96 bits per heavy atom. The van der Waals surface area contributed by atoms with E-state index in [2.05, 4.69) is 9.71 Å². The van der Waals surface area contributed by atoms with Crippen molar-refractivity contribution in [2.24, 2.45) is 4.40 Å². The van der Waals surface area contributed by atoms with Crippen molar-refractivity contribution in [2.75, 3.05) is 19.0 Å². The number of nitrogens with zero attached hydrogens (tertiary/aromatic N) is 2. The summed E-state index contributed by atoms with van der Waals surface area (Å²) in [6, 6.07) is 13.5. The van der Waals surface area contributed by atoms with Gasteiger partial charge in [0.25, 0.3) is 10.0 Å². The smallest absolute Gasteiger partial charge is 0.285 e. The van der Waals surface area contributed by atoms with Crippen LogP contribution in [0.1, 0.15) is 6.92 Å². The molecular formula is C18H19N3O4S2. The van der Waals surface area contributed by atoms with Gasteiger partial charge in [0.1, 0.15) is 0 Å². The molecule has 7 nitrogen and oxygen atoms in total. The molecule has 0 aliphatic rings. The van der Waals surface area contributed by atoms with Crippen LogP contribution in [-0.2, 0) is 26.1 Å². The number of rotatable bonds is 6. The lowest BCUT2D eigenvalue weighted by molar-refractivity contribution is -0.114. The number of sulfonamides is 1. The second kappa shape index (κ2) is 8.03. The minimum absolute atomic E-state index is 0.139. The van der Waals surface area contributed by atoms with Gasteiger partial charge in [-0.05, 0) is 30.3 Å². The number of benzene rings is 2. The number of carbonyl (C=O) groups excluding carboxylic acids is 1. The summed E-state index contributed by atoms with van der Waals surface area (Å²) in [5.41, 5.74) is 1.47. The van der Waals surface area contributed by atoms with E-state index in [1.54, 1.807) is 37.4 Å². The van der Waals surface area contributed by atoms with E-state index in [0.29, 0.717) is 23.6 Å². The summed E-state index contributed by atoms with van der Waals surface area (Å²) >= 11 is 1.25. The van der Waals surface area contributed by atoms with Gasteiger partial charge in [0, 0.05) is 26.3 Å². The molecule has 0 saturated carbocycles. The molecule has 0 bridgehead atoms. The predicted molar refractivity (Wildman–Crippen MR) is 105 cm³/mol. The number of hydrogen-bond acceptors (Lipinski definition) is 5. The maximum absolute atomic E-state index is 12.7. The highest BCUT2D eigenvalue weighted by molar-refractivity contribution is 7.90. The van der Waals surface area contributed by atoms with Crippen LogP contribution in [0.3, 0.4) is 0 Å². The Hall–Kier alpha value is -2.49. The number of ether oxygens (including phenoxy) is 1. The average Bonchev–Trinajstić information content (AvgIpc) is 2.95. The Balaban J connectivity index is 2.16. The van der Waals surface area contributed by atoms with Gasteiger partial charge < -0.3 is 14.6 Å². The number of nitrogens with one attached hydrogen (secondary N) is 1. The standard InChI is InChI=1S/C18H19N3O4S2/c1-13(22)19-14-8-9-16-17(12-14)26-18(21(16)10-11-25-2)20-27(23,24)15-6-4-3-5-7-15/h3-9,12H,10-11H2,1-2H3,(H,19,22)/b20-18-. The third-order valence-corrected chi connectivity index (χ3v) is 6.20. The van der Waals surface area contributed by atoms with Crippen molar-refractivity contribution in [1.82, 2.24) is 4.57 Å². The Bertz CT molecular complexity index is 1130. The molecule has 0 radical (unpaired) electrons. The number of amides is 1. The van der Waals surface area contributed by atoms with Crippen molar-refractivity contribution in [3.05, 3.63) is 53.3 Å². The molecule has 27 heavy (non-hydrogen) atoms. The number of aromatic nitrogens is 1. The normalized spacial score (nSPS) is 12.4. The van der Waals surface area contributed by atoms with Gasteiger partial charge in [-0.3, -0.25) is 4.79 Å². The highest BCUT2D eigenvalue weighted by Gasteiger charge is 2.14. The molecule has 0 aliphatic heterocycles. The zero-order valence-corrected chi connectivity index (χ0v) is 16.5. The van der Waals surface area contributed by atoms with Gasteiger partial charge >= 0.3 is 0 Å². The Kier molecular flexibility index (Phi) is 5.73. The van der Waals surface area contributed by atoms with Crippen LogP contribution in [0.5, 0.6) is 0 Å². The summed E-state index contributed by atoms with van der Waals surface area (Å²) in [7, 11) is -2.25. The molecule has 0 atom stereocenters. The number of fused-ring (bicyclic) bond motifs is 1. The lowest BCUT2D eigenvalue weighted by Crippen LogP contribution is -2.19. The van der Waals surface area contributed by atoms with Crippen molar-refractivity contribution in [2.45, 2.75) is 18.4 Å².